The number of carbonyl (C=O) groups is 1. The van der Waals surface area contributed by atoms with Gasteiger partial charge in [0.05, 0.1) is 20.1 Å². The molecule has 2 aliphatic rings. The predicted molar refractivity (Wildman–Crippen MR) is 154 cm³/mol. The van der Waals surface area contributed by atoms with Crippen LogP contribution in [0.15, 0.2) is 41.3 Å². The maximum atomic E-state index is 12.9. The number of nitrogens with zero attached hydrogens (tertiary/aromatic N) is 4. The highest BCUT2D eigenvalue weighted by molar-refractivity contribution is 7.89. The molecule has 8 nitrogen and oxygen atoms in total. The second-order valence-corrected chi connectivity index (χ2v) is 13.6. The van der Waals surface area contributed by atoms with Crippen molar-refractivity contribution < 1.29 is 13.2 Å². The van der Waals surface area contributed by atoms with Gasteiger partial charge in [0, 0.05) is 57.9 Å². The number of fused-ring (bicyclic) bond motifs is 1. The van der Waals surface area contributed by atoms with Crippen molar-refractivity contribution in [2.24, 2.45) is 5.92 Å². The first kappa shape index (κ1) is 27.3. The number of anilines is 1. The number of carbonyl (C=O) groups excluding carboxylic acids is 1. The molecule has 1 aromatic heterocycles. The van der Waals surface area contributed by atoms with Gasteiger partial charge in [-0.3, -0.25) is 9.69 Å². The molecule has 5 rings (SSSR count). The lowest BCUT2D eigenvalue weighted by molar-refractivity contribution is 0.0947. The number of thiazole rings is 1. The lowest BCUT2D eigenvalue weighted by Gasteiger charge is -2.34. The Hall–Kier alpha value is -2.24. The molecule has 0 bridgehead atoms. The molecule has 0 atom stereocenters. The van der Waals surface area contributed by atoms with Crippen molar-refractivity contribution >= 4 is 54.2 Å². The molecule has 2 fully saturated rings. The summed E-state index contributed by atoms with van der Waals surface area (Å²) in [5.74, 6) is 0.361. The van der Waals surface area contributed by atoms with E-state index in [9.17, 15) is 13.2 Å². The molecule has 3 heterocycles. The Kier molecular flexibility index (Phi) is 8.25. The molecule has 1 amide bonds. The molecule has 2 aromatic carbocycles. The van der Waals surface area contributed by atoms with Gasteiger partial charge < -0.3 is 10.2 Å². The van der Waals surface area contributed by atoms with Gasteiger partial charge in [-0.2, -0.15) is 4.31 Å². The van der Waals surface area contributed by atoms with Gasteiger partial charge in [0.2, 0.25) is 10.0 Å². The fraction of sp³-hybridized carbons (Fsp3) is 0.481. The topological polar surface area (TPSA) is 85.8 Å². The van der Waals surface area contributed by atoms with Gasteiger partial charge >= 0.3 is 0 Å². The van der Waals surface area contributed by atoms with Crippen LogP contribution in [0.25, 0.3) is 10.2 Å². The summed E-state index contributed by atoms with van der Waals surface area (Å²) in [5, 5.41) is 4.72. The lowest BCUT2D eigenvalue weighted by atomic mass is 10.0. The van der Waals surface area contributed by atoms with E-state index in [1.54, 1.807) is 27.8 Å². The minimum atomic E-state index is -3.52. The van der Waals surface area contributed by atoms with Crippen LogP contribution in [-0.4, -0.2) is 80.9 Å². The van der Waals surface area contributed by atoms with Crippen molar-refractivity contribution in [2.75, 3.05) is 57.3 Å². The number of benzene rings is 2. The van der Waals surface area contributed by atoms with E-state index in [1.165, 1.54) is 12.1 Å². The average molecular weight is 576 g/mol. The quantitative estimate of drug-likeness (QED) is 0.454. The lowest BCUT2D eigenvalue weighted by Crippen LogP contribution is -2.48. The third-order valence-corrected chi connectivity index (χ3v) is 11.0. The number of piperazine rings is 1. The summed E-state index contributed by atoms with van der Waals surface area (Å²) in [6.45, 7) is 10.1. The zero-order valence-corrected chi connectivity index (χ0v) is 24.2. The van der Waals surface area contributed by atoms with Crippen LogP contribution in [0.3, 0.4) is 0 Å². The van der Waals surface area contributed by atoms with Crippen LogP contribution in [0.1, 0.15) is 35.7 Å². The number of amides is 1. The van der Waals surface area contributed by atoms with Gasteiger partial charge in [-0.05, 0) is 61.6 Å². The molecule has 38 heavy (non-hydrogen) atoms. The number of halogens is 1. The van der Waals surface area contributed by atoms with Crippen LogP contribution in [0, 0.1) is 12.8 Å². The summed E-state index contributed by atoms with van der Waals surface area (Å²) in [7, 11) is -3.52. The van der Waals surface area contributed by atoms with Crippen molar-refractivity contribution in [1.82, 2.24) is 19.5 Å². The molecule has 0 saturated carbocycles. The number of aryl methyl sites for hydroxylation is 1. The molecule has 11 heteroatoms. The van der Waals surface area contributed by atoms with E-state index in [-0.39, 0.29) is 10.8 Å². The van der Waals surface area contributed by atoms with E-state index >= 15 is 0 Å². The molecule has 3 aromatic rings. The summed E-state index contributed by atoms with van der Waals surface area (Å²) in [6.07, 6.45) is 1.76. The van der Waals surface area contributed by atoms with E-state index in [2.05, 4.69) is 29.0 Å². The summed E-state index contributed by atoms with van der Waals surface area (Å²) < 4.78 is 28.4. The van der Waals surface area contributed by atoms with Gasteiger partial charge in [0.1, 0.15) is 0 Å². The minimum absolute atomic E-state index is 0.193. The number of nitrogens with one attached hydrogen (secondary N) is 1. The fourth-order valence-electron chi connectivity index (χ4n) is 4.97. The third kappa shape index (κ3) is 5.84. The smallest absolute Gasteiger partial charge is 0.251 e. The Balaban J connectivity index is 1.09. The average Bonchev–Trinajstić information content (AvgIpc) is 3.39. The predicted octanol–water partition coefficient (Wildman–Crippen LogP) is 4.23. The highest BCUT2D eigenvalue weighted by Gasteiger charge is 2.28. The van der Waals surface area contributed by atoms with Gasteiger partial charge in [-0.15, -0.1) is 0 Å². The maximum Gasteiger partial charge on any atom is 0.251 e. The SMILES string of the molecule is Cc1ccc(Cl)c2sc(N3CCN(CCNC(=O)c4ccc(S(=O)(=O)N5CCC(C)CC5)cc4)CC3)nc12. The molecule has 0 aliphatic carbocycles. The molecule has 0 radical (unpaired) electrons. The Bertz CT molecular complexity index is 1360. The van der Waals surface area contributed by atoms with Crippen molar-refractivity contribution in [3.63, 3.8) is 0 Å². The second kappa shape index (κ2) is 11.5. The zero-order chi connectivity index (χ0) is 26.9. The molecular weight excluding hydrogens is 542 g/mol. The highest BCUT2D eigenvalue weighted by Crippen LogP contribution is 2.35. The number of hydrogen-bond acceptors (Lipinski definition) is 7. The Morgan fingerprint density at radius 2 is 1.74 bits per heavy atom. The molecule has 204 valence electrons. The van der Waals surface area contributed by atoms with Crippen LogP contribution in [0.2, 0.25) is 5.02 Å². The molecular formula is C27H34ClN5O3S2. The number of hydrogen-bond donors (Lipinski definition) is 1. The molecule has 2 aliphatic heterocycles. The largest absolute Gasteiger partial charge is 0.351 e. The zero-order valence-electron chi connectivity index (χ0n) is 21.8. The summed E-state index contributed by atoms with van der Waals surface area (Å²) in [4.78, 5) is 22.4. The minimum Gasteiger partial charge on any atom is -0.351 e. The van der Waals surface area contributed by atoms with Crippen molar-refractivity contribution in [3.05, 3.63) is 52.5 Å². The van der Waals surface area contributed by atoms with Crippen molar-refractivity contribution in [2.45, 2.75) is 31.6 Å². The Labute approximate surface area is 233 Å². The van der Waals surface area contributed by atoms with E-state index in [0.717, 1.165) is 71.5 Å². The monoisotopic (exact) mass is 575 g/mol. The van der Waals surface area contributed by atoms with Gasteiger partial charge in [0.25, 0.3) is 5.91 Å². The van der Waals surface area contributed by atoms with Crippen LogP contribution >= 0.6 is 22.9 Å². The van der Waals surface area contributed by atoms with Gasteiger partial charge in [0.15, 0.2) is 5.13 Å². The number of sulfonamides is 1. The fourth-order valence-corrected chi connectivity index (χ4v) is 7.81. The third-order valence-electron chi connectivity index (χ3n) is 7.54. The molecule has 2 saturated heterocycles. The van der Waals surface area contributed by atoms with Crippen LogP contribution in [0.5, 0.6) is 0 Å². The van der Waals surface area contributed by atoms with Gasteiger partial charge in [-0.1, -0.05) is 35.9 Å². The Morgan fingerprint density at radius 3 is 2.39 bits per heavy atom. The number of piperidine rings is 1. The second-order valence-electron chi connectivity index (χ2n) is 10.2. The summed E-state index contributed by atoms with van der Waals surface area (Å²) >= 11 is 8.02. The van der Waals surface area contributed by atoms with E-state index < -0.39 is 10.0 Å². The van der Waals surface area contributed by atoms with Crippen LogP contribution in [0.4, 0.5) is 5.13 Å². The van der Waals surface area contributed by atoms with Crippen LogP contribution < -0.4 is 10.2 Å². The van der Waals surface area contributed by atoms with Crippen LogP contribution in [-0.2, 0) is 10.0 Å². The van der Waals surface area contributed by atoms with E-state index in [0.29, 0.717) is 31.1 Å². The molecule has 1 N–H and O–H groups in total. The number of aromatic nitrogens is 1. The number of rotatable bonds is 7. The van der Waals surface area contributed by atoms with Gasteiger partial charge in [-0.25, -0.2) is 13.4 Å². The molecule has 0 unspecified atom stereocenters. The normalized spacial score (nSPS) is 18.2. The Morgan fingerprint density at radius 1 is 1.05 bits per heavy atom. The highest BCUT2D eigenvalue weighted by atomic mass is 35.5. The maximum absolute atomic E-state index is 12.9. The van der Waals surface area contributed by atoms with E-state index in [1.807, 2.05) is 12.1 Å². The summed E-state index contributed by atoms with van der Waals surface area (Å²) in [6, 6.07) is 10.2. The van der Waals surface area contributed by atoms with Crippen molar-refractivity contribution in [3.8, 4) is 0 Å². The van der Waals surface area contributed by atoms with E-state index in [4.69, 9.17) is 16.6 Å². The first-order valence-electron chi connectivity index (χ1n) is 13.1. The van der Waals surface area contributed by atoms with Crippen molar-refractivity contribution in [1.29, 1.82) is 0 Å². The standard InChI is InChI=1S/C27H34ClN5O3S2/c1-19-9-12-33(13-10-19)38(35,36)22-6-4-21(5-7-22)26(34)29-11-14-31-15-17-32(18-16-31)27-30-24-20(2)3-8-23(28)25(24)37-27/h3-8,19H,9-18H2,1-2H3,(H,29,34). The summed E-state index contributed by atoms with van der Waals surface area (Å²) in [5.41, 5.74) is 2.58. The first-order valence-corrected chi connectivity index (χ1v) is 15.8. The first-order chi connectivity index (χ1) is 18.2. The molecule has 0 spiro atoms.